The van der Waals surface area contributed by atoms with Crippen LogP contribution in [0, 0.1) is 22.7 Å². The van der Waals surface area contributed by atoms with Crippen molar-refractivity contribution >= 4 is 118 Å². The minimum Gasteiger partial charge on any atom is -0.456 e. The molecule has 4 nitrogen and oxygen atoms in total. The van der Waals surface area contributed by atoms with E-state index in [4.69, 9.17) is 9.47 Å². The summed E-state index contributed by atoms with van der Waals surface area (Å²) in [4.78, 5) is 0. The molecule has 2 aliphatic rings. The maximum atomic E-state index is 9.47. The Bertz CT molecular complexity index is 7680. The minimum atomic E-state index is 0.592. The lowest BCUT2D eigenvalue weighted by Gasteiger charge is -2.22. The molecule has 2 heterocycles. The van der Waals surface area contributed by atoms with Crippen LogP contribution in [0.1, 0.15) is 11.1 Å². The number of nitriles is 2. The molecule has 21 aromatic rings. The fourth-order valence-electron chi connectivity index (χ4n) is 18.0. The average Bonchev–Trinajstić information content (AvgIpc) is 0.748. The topological polar surface area (TPSA) is 66.0 Å². The smallest absolute Gasteiger partial charge is 0.136 e. The van der Waals surface area contributed by atoms with Crippen molar-refractivity contribution in [1.82, 2.24) is 0 Å². The summed E-state index contributed by atoms with van der Waals surface area (Å²) in [6, 6.07) is 136. The molecule has 0 bridgehead atoms. The molecule has 506 valence electrons. The van der Waals surface area contributed by atoms with Gasteiger partial charge in [-0.1, -0.05) is 267 Å². The highest BCUT2D eigenvalue weighted by Crippen LogP contribution is 2.53. The number of hydrogen-bond donors (Lipinski definition) is 0. The third kappa shape index (κ3) is 9.91. The number of fused-ring (bicyclic) bond motifs is 17. The summed E-state index contributed by atoms with van der Waals surface area (Å²) >= 11 is 0. The molecule has 0 aliphatic carbocycles. The molecule has 0 N–H and O–H groups in total. The van der Waals surface area contributed by atoms with E-state index in [0.717, 1.165) is 83.5 Å². The zero-order valence-electron chi connectivity index (χ0n) is 59.4. The monoisotopic (exact) mass is 1390 g/mol. The van der Waals surface area contributed by atoms with Gasteiger partial charge in [0, 0.05) is 21.9 Å². The Balaban J connectivity index is 0.000000136. The molecule has 0 amide bonds. The van der Waals surface area contributed by atoms with Crippen LogP contribution in [0.25, 0.3) is 208 Å². The van der Waals surface area contributed by atoms with E-state index in [-0.39, 0.29) is 0 Å². The van der Waals surface area contributed by atoms with Gasteiger partial charge in [-0.05, 0) is 283 Å². The van der Waals surface area contributed by atoms with Gasteiger partial charge in [0.2, 0.25) is 0 Å². The van der Waals surface area contributed by atoms with E-state index in [9.17, 15) is 10.5 Å². The molecule has 0 saturated heterocycles. The van der Waals surface area contributed by atoms with Crippen LogP contribution >= 0.6 is 0 Å². The lowest BCUT2D eigenvalue weighted by molar-refractivity contribution is 0.486. The maximum absolute atomic E-state index is 9.47. The highest BCUT2D eigenvalue weighted by atomic mass is 16.5. The van der Waals surface area contributed by atoms with Crippen molar-refractivity contribution in [2.24, 2.45) is 0 Å². The first-order valence-corrected chi connectivity index (χ1v) is 37.4. The normalized spacial score (nSPS) is 11.9. The third-order valence-electron chi connectivity index (χ3n) is 23.1. The Hall–Kier alpha value is -14.9. The second kappa shape index (κ2) is 24.8. The Labute approximate surface area is 633 Å². The highest BCUT2D eigenvalue weighted by Gasteiger charge is 2.26. The van der Waals surface area contributed by atoms with Crippen LogP contribution in [0.4, 0.5) is 0 Å². The van der Waals surface area contributed by atoms with E-state index in [0.29, 0.717) is 11.1 Å². The molecule has 0 saturated carbocycles. The highest BCUT2D eigenvalue weighted by molar-refractivity contribution is 6.27. The minimum absolute atomic E-state index is 0.592. The van der Waals surface area contributed by atoms with E-state index >= 15 is 0 Å². The zero-order chi connectivity index (χ0) is 72.7. The van der Waals surface area contributed by atoms with Gasteiger partial charge in [0.25, 0.3) is 0 Å². The predicted octanol–water partition coefficient (Wildman–Crippen LogP) is 29.3. The van der Waals surface area contributed by atoms with Gasteiger partial charge in [0.15, 0.2) is 0 Å². The molecule has 23 rings (SSSR count). The molecule has 2 aliphatic heterocycles. The van der Waals surface area contributed by atoms with Crippen LogP contribution in [-0.4, -0.2) is 0 Å². The Morgan fingerprint density at radius 1 is 0.164 bits per heavy atom. The summed E-state index contributed by atoms with van der Waals surface area (Å²) in [6.45, 7) is 0. The molecule has 4 heteroatoms. The van der Waals surface area contributed by atoms with E-state index in [1.807, 2.05) is 48.5 Å². The van der Waals surface area contributed by atoms with Crippen LogP contribution in [-0.2, 0) is 0 Å². The molecular weight excluding hydrogens is 1330 g/mol. The molecule has 110 heavy (non-hydrogen) atoms. The Morgan fingerprint density at radius 2 is 0.491 bits per heavy atom. The van der Waals surface area contributed by atoms with Crippen LogP contribution in [0.15, 0.2) is 364 Å². The summed E-state index contributed by atoms with van der Waals surface area (Å²) in [7, 11) is 0. The van der Waals surface area contributed by atoms with Crippen molar-refractivity contribution in [1.29, 1.82) is 10.5 Å². The molecular formula is C106H60N2O2. The van der Waals surface area contributed by atoms with Crippen molar-refractivity contribution in [2.75, 3.05) is 0 Å². The van der Waals surface area contributed by atoms with Gasteiger partial charge in [-0.25, -0.2) is 0 Å². The first-order chi connectivity index (χ1) is 54.4. The van der Waals surface area contributed by atoms with Crippen LogP contribution < -0.4 is 9.47 Å². The molecule has 0 atom stereocenters. The van der Waals surface area contributed by atoms with Crippen molar-refractivity contribution in [3.63, 3.8) is 0 Å². The van der Waals surface area contributed by atoms with Gasteiger partial charge in [0.1, 0.15) is 23.0 Å². The second-order valence-corrected chi connectivity index (χ2v) is 29.0. The lowest BCUT2D eigenvalue weighted by Crippen LogP contribution is -1.98. The van der Waals surface area contributed by atoms with Crippen molar-refractivity contribution < 1.29 is 9.47 Å². The number of nitrogens with zero attached hydrogens (tertiary/aromatic N) is 2. The molecule has 0 spiro atoms. The maximum Gasteiger partial charge on any atom is 0.136 e. The number of hydrogen-bond acceptors (Lipinski definition) is 4. The largest absolute Gasteiger partial charge is 0.456 e. The zero-order valence-corrected chi connectivity index (χ0v) is 59.4. The van der Waals surface area contributed by atoms with Crippen LogP contribution in [0.3, 0.4) is 0 Å². The molecule has 0 unspecified atom stereocenters. The van der Waals surface area contributed by atoms with E-state index in [1.54, 1.807) is 0 Å². The van der Waals surface area contributed by atoms with Crippen LogP contribution in [0.5, 0.6) is 23.0 Å². The van der Waals surface area contributed by atoms with Gasteiger partial charge in [-0.3, -0.25) is 0 Å². The predicted molar refractivity (Wildman–Crippen MR) is 459 cm³/mol. The SMILES string of the molecule is N#Cc1ccc2c(c1)Oc1cccc3c(-c4ccc5cc(-c6cc7c8ccccc8c(-c8cccc9ccccc89)cc7c7ccccc67)ccc5c4)ccc-2c13.N#Cc1ccc2c(c1)Oc1cccc3c(-c4ccc5cc(-c6cc7c8ccccc8c(-c8ccccc8)cc7c7ccccc67)ccc5c4)ccc-2c13. The van der Waals surface area contributed by atoms with E-state index < -0.39 is 0 Å². The van der Waals surface area contributed by atoms with Gasteiger partial charge >= 0.3 is 0 Å². The van der Waals surface area contributed by atoms with Gasteiger partial charge in [0.05, 0.1) is 23.3 Å². The fraction of sp³-hybridized carbons (Fsp3) is 0. The molecule has 0 aromatic heterocycles. The van der Waals surface area contributed by atoms with Crippen molar-refractivity contribution in [2.45, 2.75) is 0 Å². The van der Waals surface area contributed by atoms with Crippen molar-refractivity contribution in [3.05, 3.63) is 375 Å². The summed E-state index contributed by atoms with van der Waals surface area (Å²) in [5, 5.41) is 45.9. The summed E-state index contributed by atoms with van der Waals surface area (Å²) < 4.78 is 12.7. The van der Waals surface area contributed by atoms with Crippen molar-refractivity contribution in [3.8, 4) is 124 Å². The summed E-state index contributed by atoms with van der Waals surface area (Å²) in [6.07, 6.45) is 0. The quantitative estimate of drug-likeness (QED) is 0.156. The Kier molecular flexibility index (Phi) is 14.1. The van der Waals surface area contributed by atoms with E-state index in [1.165, 1.54) is 147 Å². The van der Waals surface area contributed by atoms with E-state index in [2.05, 4.69) is 328 Å². The third-order valence-corrected chi connectivity index (χ3v) is 23.1. The first-order valence-electron chi connectivity index (χ1n) is 37.4. The molecule has 0 fully saturated rings. The lowest BCUT2D eigenvalue weighted by atomic mass is 9.86. The first kappa shape index (κ1) is 62.4. The Morgan fingerprint density at radius 3 is 0.927 bits per heavy atom. The van der Waals surface area contributed by atoms with Gasteiger partial charge in [-0.2, -0.15) is 10.5 Å². The fourth-order valence-corrected chi connectivity index (χ4v) is 18.0. The standard InChI is InChI=1S/C55H31NO.C51H29NO/c56-32-33-19-24-46-48-26-25-40(47-17-8-18-53(55(47)48)57-54(46)27-33)37-22-20-36-29-38(23-21-35(36)28-37)49-30-51-45-15-6-5-14-44(45)50(31-52(51)43-13-4-3-12-42(43)49)41-16-7-10-34-9-1-2-11-39(34)41;52-30-31-17-22-42-44-24-23-37(43-15-8-16-49(51(43)44)53-50(42)25-31)35-20-18-34-27-36(21-19-33(34)26-35)46-29-48-40-13-6-4-11-38(40)45(32-9-2-1-3-10-32)28-47(48)41-14-7-5-12-39(41)46/h1-31H;1-29H. The number of benzene rings is 21. The summed E-state index contributed by atoms with van der Waals surface area (Å²) in [5.41, 5.74) is 20.0. The second-order valence-electron chi connectivity index (χ2n) is 29.0. The van der Waals surface area contributed by atoms with Crippen LogP contribution in [0.2, 0.25) is 0 Å². The molecule has 0 radical (unpaired) electrons. The number of rotatable bonds is 6. The van der Waals surface area contributed by atoms with Gasteiger partial charge < -0.3 is 9.47 Å². The summed E-state index contributed by atoms with van der Waals surface area (Å²) in [5.74, 6) is 3.08. The van der Waals surface area contributed by atoms with Gasteiger partial charge in [-0.15, -0.1) is 0 Å². The molecule has 21 aromatic carbocycles. The number of ether oxygens (including phenoxy) is 2. The average molecular weight is 1390 g/mol.